The molecule has 3 heteroatoms. The predicted molar refractivity (Wildman–Crippen MR) is 88.7 cm³/mol. The second-order valence-electron chi connectivity index (χ2n) is 5.61. The van der Waals surface area contributed by atoms with E-state index in [0.717, 1.165) is 41.7 Å². The van der Waals surface area contributed by atoms with Gasteiger partial charge in [-0.25, -0.2) is 4.98 Å². The number of nitrogens with zero attached hydrogens (tertiary/aromatic N) is 2. The van der Waals surface area contributed by atoms with Gasteiger partial charge in [-0.3, -0.25) is 9.20 Å². The third-order valence-electron chi connectivity index (χ3n) is 4.15. The molecular weight excluding hydrogens is 272 g/mol. The van der Waals surface area contributed by atoms with Gasteiger partial charge in [-0.15, -0.1) is 0 Å². The molecule has 2 heterocycles. The minimum atomic E-state index is 0.0688. The van der Waals surface area contributed by atoms with Gasteiger partial charge in [-0.2, -0.15) is 0 Å². The number of allylic oxidation sites excluding steroid dienone is 1. The first-order chi connectivity index (χ1) is 10.8. The van der Waals surface area contributed by atoms with E-state index in [4.69, 9.17) is 4.98 Å². The van der Waals surface area contributed by atoms with Crippen LogP contribution < -0.4 is 5.56 Å². The summed E-state index contributed by atoms with van der Waals surface area (Å²) < 4.78 is 1.64. The third kappa shape index (κ3) is 2.15. The Morgan fingerprint density at radius 3 is 2.68 bits per heavy atom. The van der Waals surface area contributed by atoms with Crippen molar-refractivity contribution in [1.82, 2.24) is 9.38 Å². The molecule has 0 amide bonds. The standard InChI is InChI=1S/C19H16N2O/c22-19-16-10-6-9-15(13-14-7-2-1-3-8-14)18(16)20-17-11-4-5-12-21(17)19/h1-5,7-8,11-13H,6,9-10H2/b15-13-. The van der Waals surface area contributed by atoms with Crippen LogP contribution in [0, 0.1) is 0 Å². The molecule has 2 aromatic heterocycles. The highest BCUT2D eigenvalue weighted by Crippen LogP contribution is 2.29. The maximum Gasteiger partial charge on any atom is 0.261 e. The number of pyridine rings is 1. The number of hydrogen-bond donors (Lipinski definition) is 0. The second-order valence-corrected chi connectivity index (χ2v) is 5.61. The predicted octanol–water partition coefficient (Wildman–Crippen LogP) is 3.57. The number of aromatic nitrogens is 2. The number of benzene rings is 1. The van der Waals surface area contributed by atoms with Gasteiger partial charge < -0.3 is 0 Å². The van der Waals surface area contributed by atoms with Crippen molar-refractivity contribution in [3.05, 3.63) is 81.9 Å². The van der Waals surface area contributed by atoms with Gasteiger partial charge >= 0.3 is 0 Å². The average Bonchev–Trinajstić information content (AvgIpc) is 2.57. The molecule has 0 unspecified atom stereocenters. The summed E-state index contributed by atoms with van der Waals surface area (Å²) >= 11 is 0. The Bertz CT molecular complexity index is 923. The summed E-state index contributed by atoms with van der Waals surface area (Å²) in [4.78, 5) is 17.4. The van der Waals surface area contributed by atoms with Gasteiger partial charge in [-0.1, -0.05) is 36.4 Å². The van der Waals surface area contributed by atoms with Gasteiger partial charge in [0.05, 0.1) is 5.69 Å². The first-order valence-corrected chi connectivity index (χ1v) is 7.59. The van der Waals surface area contributed by atoms with Crippen LogP contribution in [0.2, 0.25) is 0 Å². The van der Waals surface area contributed by atoms with Crippen molar-refractivity contribution in [2.24, 2.45) is 0 Å². The molecule has 0 saturated carbocycles. The van der Waals surface area contributed by atoms with Crippen molar-refractivity contribution in [3.63, 3.8) is 0 Å². The second kappa shape index (κ2) is 5.26. The van der Waals surface area contributed by atoms with Crippen LogP contribution in [0.25, 0.3) is 17.3 Å². The fourth-order valence-electron chi connectivity index (χ4n) is 3.08. The van der Waals surface area contributed by atoms with Gasteiger partial charge in [0.2, 0.25) is 0 Å². The van der Waals surface area contributed by atoms with E-state index in [2.05, 4.69) is 18.2 Å². The first-order valence-electron chi connectivity index (χ1n) is 7.59. The summed E-state index contributed by atoms with van der Waals surface area (Å²) in [6.45, 7) is 0. The van der Waals surface area contributed by atoms with Crippen molar-refractivity contribution in [3.8, 4) is 0 Å². The summed E-state index contributed by atoms with van der Waals surface area (Å²) in [5, 5.41) is 0. The van der Waals surface area contributed by atoms with E-state index in [1.165, 1.54) is 0 Å². The zero-order valence-corrected chi connectivity index (χ0v) is 12.2. The van der Waals surface area contributed by atoms with E-state index in [-0.39, 0.29) is 5.56 Å². The molecule has 0 spiro atoms. The molecule has 0 aliphatic heterocycles. The lowest BCUT2D eigenvalue weighted by Crippen LogP contribution is -2.24. The van der Waals surface area contributed by atoms with Gasteiger partial charge in [0, 0.05) is 11.8 Å². The van der Waals surface area contributed by atoms with E-state index >= 15 is 0 Å². The molecule has 22 heavy (non-hydrogen) atoms. The van der Waals surface area contributed by atoms with Crippen LogP contribution in [0.15, 0.2) is 59.5 Å². The maximum atomic E-state index is 12.7. The van der Waals surface area contributed by atoms with Gasteiger partial charge in [0.15, 0.2) is 0 Å². The van der Waals surface area contributed by atoms with Gasteiger partial charge in [0.25, 0.3) is 5.56 Å². The zero-order chi connectivity index (χ0) is 14.9. The molecule has 0 atom stereocenters. The van der Waals surface area contributed by atoms with Crippen LogP contribution in [0.4, 0.5) is 0 Å². The molecule has 3 nitrogen and oxygen atoms in total. The van der Waals surface area contributed by atoms with Crippen LogP contribution in [0.3, 0.4) is 0 Å². The Morgan fingerprint density at radius 1 is 1.00 bits per heavy atom. The van der Waals surface area contributed by atoms with Crippen molar-refractivity contribution < 1.29 is 0 Å². The number of rotatable bonds is 1. The maximum absolute atomic E-state index is 12.7. The van der Waals surface area contributed by atoms with Gasteiger partial charge in [0.1, 0.15) is 5.65 Å². The Balaban J connectivity index is 1.95. The largest absolute Gasteiger partial charge is 0.269 e. The van der Waals surface area contributed by atoms with Crippen molar-refractivity contribution >= 4 is 17.3 Å². The number of fused-ring (bicyclic) bond motifs is 2. The van der Waals surface area contributed by atoms with Crippen LogP contribution in [0.5, 0.6) is 0 Å². The molecule has 0 bridgehead atoms. The lowest BCUT2D eigenvalue weighted by atomic mass is 9.91. The van der Waals surface area contributed by atoms with E-state index < -0.39 is 0 Å². The highest BCUT2D eigenvalue weighted by molar-refractivity contribution is 5.82. The molecule has 1 aliphatic rings. The molecular formula is C19H16N2O. The molecule has 0 N–H and O–H groups in total. The van der Waals surface area contributed by atoms with Crippen molar-refractivity contribution in [1.29, 1.82) is 0 Å². The third-order valence-corrected chi connectivity index (χ3v) is 4.15. The molecule has 1 aliphatic carbocycles. The quantitative estimate of drug-likeness (QED) is 0.686. The summed E-state index contributed by atoms with van der Waals surface area (Å²) in [5.41, 5.74) is 4.83. The highest BCUT2D eigenvalue weighted by Gasteiger charge is 2.20. The molecule has 0 fully saturated rings. The SMILES string of the molecule is O=c1c2c(nc3ccccn13)/C(=C\c1ccccc1)CCC2. The molecule has 108 valence electrons. The number of hydrogen-bond acceptors (Lipinski definition) is 2. The minimum Gasteiger partial charge on any atom is -0.269 e. The van der Waals surface area contributed by atoms with Crippen molar-refractivity contribution in [2.75, 3.05) is 0 Å². The normalized spacial score (nSPS) is 15.9. The topological polar surface area (TPSA) is 34.4 Å². The smallest absolute Gasteiger partial charge is 0.261 e. The van der Waals surface area contributed by atoms with E-state index in [1.807, 2.05) is 36.4 Å². The fraction of sp³-hybridized carbons (Fsp3) is 0.158. The van der Waals surface area contributed by atoms with Crippen LogP contribution in [-0.2, 0) is 6.42 Å². The molecule has 3 aromatic rings. The molecule has 0 saturated heterocycles. The summed E-state index contributed by atoms with van der Waals surface area (Å²) in [7, 11) is 0. The molecule has 1 aromatic carbocycles. The summed E-state index contributed by atoms with van der Waals surface area (Å²) in [6, 6.07) is 15.9. The first kappa shape index (κ1) is 13.0. The van der Waals surface area contributed by atoms with Crippen molar-refractivity contribution in [2.45, 2.75) is 19.3 Å². The Kier molecular flexibility index (Phi) is 3.11. The Morgan fingerprint density at radius 2 is 1.82 bits per heavy atom. The van der Waals surface area contributed by atoms with Gasteiger partial charge in [-0.05, 0) is 48.6 Å². The monoisotopic (exact) mass is 288 g/mol. The summed E-state index contributed by atoms with van der Waals surface area (Å²) in [6.07, 6.45) is 6.73. The van der Waals surface area contributed by atoms with E-state index in [0.29, 0.717) is 5.65 Å². The van der Waals surface area contributed by atoms with Crippen LogP contribution in [-0.4, -0.2) is 9.38 Å². The van der Waals surface area contributed by atoms with E-state index in [9.17, 15) is 4.79 Å². The molecule has 0 radical (unpaired) electrons. The zero-order valence-electron chi connectivity index (χ0n) is 12.2. The molecule has 4 rings (SSSR count). The van der Waals surface area contributed by atoms with Crippen LogP contribution >= 0.6 is 0 Å². The average molecular weight is 288 g/mol. The fourth-order valence-corrected chi connectivity index (χ4v) is 3.08. The Labute approximate surface area is 128 Å². The Hall–Kier alpha value is -2.68. The lowest BCUT2D eigenvalue weighted by Gasteiger charge is -2.18. The highest BCUT2D eigenvalue weighted by atomic mass is 16.1. The van der Waals surface area contributed by atoms with E-state index in [1.54, 1.807) is 10.6 Å². The minimum absolute atomic E-state index is 0.0688. The van der Waals surface area contributed by atoms with Crippen LogP contribution in [0.1, 0.15) is 29.7 Å². The lowest BCUT2D eigenvalue weighted by molar-refractivity contribution is 0.787. The summed E-state index contributed by atoms with van der Waals surface area (Å²) in [5.74, 6) is 0.